The van der Waals surface area contributed by atoms with Gasteiger partial charge in [-0.3, -0.25) is 24.0 Å². The van der Waals surface area contributed by atoms with Gasteiger partial charge in [-0.2, -0.15) is 0 Å². The van der Waals surface area contributed by atoms with E-state index in [1.165, 1.54) is 6.92 Å². The van der Waals surface area contributed by atoms with Crippen LogP contribution < -0.4 is 21.7 Å². The van der Waals surface area contributed by atoms with Crippen LogP contribution in [0, 0.1) is 5.92 Å². The topological polar surface area (TPSA) is 188 Å². The van der Waals surface area contributed by atoms with Gasteiger partial charge < -0.3 is 31.9 Å². The summed E-state index contributed by atoms with van der Waals surface area (Å²) >= 11 is 0. The summed E-state index contributed by atoms with van der Waals surface area (Å²) in [5, 5.41) is 24.2. The van der Waals surface area contributed by atoms with E-state index in [0.29, 0.717) is 6.42 Å². The fraction of sp³-hybridized carbons (Fsp3) is 0.688. The second-order valence-electron chi connectivity index (χ2n) is 6.25. The van der Waals surface area contributed by atoms with Crippen molar-refractivity contribution in [2.24, 2.45) is 11.7 Å². The molecule has 0 aromatic heterocycles. The van der Waals surface area contributed by atoms with Crippen molar-refractivity contribution < 1.29 is 34.2 Å². The Labute approximate surface area is 157 Å². The smallest absolute Gasteiger partial charge is 0.322 e. The molecule has 0 saturated heterocycles. The normalized spacial score (nSPS) is 15.0. The highest BCUT2D eigenvalue weighted by Crippen LogP contribution is 2.07. The molecule has 0 radical (unpaired) electrons. The van der Waals surface area contributed by atoms with Gasteiger partial charge in [0.2, 0.25) is 17.7 Å². The van der Waals surface area contributed by atoms with Crippen molar-refractivity contribution in [2.45, 2.75) is 58.2 Å². The molecule has 0 aliphatic heterocycles. The molecule has 0 aromatic carbocycles. The summed E-state index contributed by atoms with van der Waals surface area (Å²) in [6.07, 6.45) is 0.0709. The number of rotatable bonds is 12. The zero-order valence-corrected chi connectivity index (χ0v) is 15.7. The van der Waals surface area contributed by atoms with Gasteiger partial charge in [-0.15, -0.1) is 0 Å². The van der Waals surface area contributed by atoms with E-state index in [2.05, 4.69) is 16.0 Å². The van der Waals surface area contributed by atoms with Crippen LogP contribution in [0.25, 0.3) is 0 Å². The molecule has 0 unspecified atom stereocenters. The minimum Gasteiger partial charge on any atom is -0.481 e. The number of nitrogens with one attached hydrogen (secondary N) is 3. The lowest BCUT2D eigenvalue weighted by Crippen LogP contribution is -2.56. The largest absolute Gasteiger partial charge is 0.481 e. The Balaban J connectivity index is 4.97. The van der Waals surface area contributed by atoms with Crippen LogP contribution in [0.4, 0.5) is 0 Å². The molecule has 0 aliphatic rings. The third-order valence-corrected chi connectivity index (χ3v) is 4.01. The second-order valence-corrected chi connectivity index (χ2v) is 6.25. The average molecular weight is 388 g/mol. The lowest BCUT2D eigenvalue weighted by atomic mass is 9.98. The number of amides is 3. The summed E-state index contributed by atoms with van der Waals surface area (Å²) in [7, 11) is 0. The number of nitrogens with two attached hydrogens (primary N) is 1. The molecule has 0 spiro atoms. The van der Waals surface area contributed by atoms with Crippen LogP contribution in [0.5, 0.6) is 0 Å². The van der Waals surface area contributed by atoms with E-state index in [4.69, 9.17) is 15.9 Å². The van der Waals surface area contributed by atoms with Crippen LogP contribution in [0.15, 0.2) is 0 Å². The van der Waals surface area contributed by atoms with Crippen molar-refractivity contribution in [3.05, 3.63) is 0 Å². The maximum atomic E-state index is 12.4. The molecule has 4 atom stereocenters. The van der Waals surface area contributed by atoms with E-state index < -0.39 is 54.3 Å². The first-order chi connectivity index (χ1) is 12.5. The first kappa shape index (κ1) is 24.3. The molecule has 11 heteroatoms. The molecular formula is C16H28N4O7. The molecule has 154 valence electrons. The predicted octanol–water partition coefficient (Wildman–Crippen LogP) is -1.59. The fourth-order valence-electron chi connectivity index (χ4n) is 2.01. The number of carbonyl (C=O) groups is 5. The Morgan fingerprint density at radius 1 is 0.926 bits per heavy atom. The summed E-state index contributed by atoms with van der Waals surface area (Å²) in [4.78, 5) is 57.5. The molecule has 0 fully saturated rings. The quantitative estimate of drug-likeness (QED) is 0.231. The number of carbonyl (C=O) groups excluding carboxylic acids is 3. The third-order valence-electron chi connectivity index (χ3n) is 4.01. The number of carboxylic acids is 2. The first-order valence-corrected chi connectivity index (χ1v) is 8.57. The van der Waals surface area contributed by atoms with E-state index >= 15 is 0 Å². The van der Waals surface area contributed by atoms with Gasteiger partial charge in [0.15, 0.2) is 0 Å². The summed E-state index contributed by atoms with van der Waals surface area (Å²) < 4.78 is 0. The third kappa shape index (κ3) is 9.54. The zero-order chi connectivity index (χ0) is 21.1. The van der Waals surface area contributed by atoms with E-state index in [9.17, 15) is 24.0 Å². The van der Waals surface area contributed by atoms with Crippen molar-refractivity contribution in [1.82, 2.24) is 16.0 Å². The van der Waals surface area contributed by atoms with E-state index in [1.54, 1.807) is 6.92 Å². The summed E-state index contributed by atoms with van der Waals surface area (Å²) in [5.74, 6) is -4.64. The minimum atomic E-state index is -1.24. The maximum Gasteiger partial charge on any atom is 0.322 e. The summed E-state index contributed by atoms with van der Waals surface area (Å²) in [6, 6.07) is -3.14. The Hall–Kier alpha value is -2.69. The molecule has 0 saturated carbocycles. The highest BCUT2D eigenvalue weighted by atomic mass is 16.4. The molecule has 11 nitrogen and oxygen atoms in total. The SMILES string of the molecule is CC[C@H](C)[C@H](N)C(=O)N[C@@H](CCC(=O)O)C(=O)N[C@@H](C)C(=O)NCC(=O)O. The van der Waals surface area contributed by atoms with Crippen LogP contribution in [-0.4, -0.2) is 64.5 Å². The highest BCUT2D eigenvalue weighted by molar-refractivity contribution is 5.93. The zero-order valence-electron chi connectivity index (χ0n) is 15.7. The molecular weight excluding hydrogens is 360 g/mol. The van der Waals surface area contributed by atoms with Crippen LogP contribution in [0.3, 0.4) is 0 Å². The Morgan fingerprint density at radius 2 is 1.52 bits per heavy atom. The van der Waals surface area contributed by atoms with Gasteiger partial charge in [0.1, 0.15) is 18.6 Å². The first-order valence-electron chi connectivity index (χ1n) is 8.57. The Kier molecular flexibility index (Phi) is 10.7. The number of hydrogen-bond acceptors (Lipinski definition) is 6. The van der Waals surface area contributed by atoms with Crippen molar-refractivity contribution in [3.63, 3.8) is 0 Å². The van der Waals surface area contributed by atoms with Crippen LogP contribution >= 0.6 is 0 Å². The van der Waals surface area contributed by atoms with E-state index in [-0.39, 0.29) is 18.8 Å². The Morgan fingerprint density at radius 3 is 2.00 bits per heavy atom. The predicted molar refractivity (Wildman–Crippen MR) is 94.5 cm³/mol. The number of hydrogen-bond donors (Lipinski definition) is 6. The van der Waals surface area contributed by atoms with Crippen LogP contribution in [-0.2, 0) is 24.0 Å². The lowest BCUT2D eigenvalue weighted by molar-refractivity contribution is -0.138. The summed E-state index contributed by atoms with van der Waals surface area (Å²) in [5.41, 5.74) is 5.81. The molecule has 0 aliphatic carbocycles. The molecule has 7 N–H and O–H groups in total. The molecule has 0 heterocycles. The fourth-order valence-corrected chi connectivity index (χ4v) is 2.01. The summed E-state index contributed by atoms with van der Waals surface area (Å²) in [6.45, 7) is 4.34. The molecule has 0 aromatic rings. The number of carboxylic acid groups (broad SMARTS) is 2. The minimum absolute atomic E-state index is 0.145. The molecule has 27 heavy (non-hydrogen) atoms. The monoisotopic (exact) mass is 388 g/mol. The second kappa shape index (κ2) is 11.8. The molecule has 0 bridgehead atoms. The average Bonchev–Trinajstić information content (AvgIpc) is 2.60. The van der Waals surface area contributed by atoms with Crippen LogP contribution in [0.1, 0.15) is 40.0 Å². The van der Waals surface area contributed by atoms with E-state index in [0.717, 1.165) is 0 Å². The van der Waals surface area contributed by atoms with Gasteiger partial charge in [0, 0.05) is 6.42 Å². The van der Waals surface area contributed by atoms with Gasteiger partial charge >= 0.3 is 11.9 Å². The maximum absolute atomic E-state index is 12.4. The van der Waals surface area contributed by atoms with Gasteiger partial charge in [0.05, 0.1) is 6.04 Å². The highest BCUT2D eigenvalue weighted by Gasteiger charge is 2.28. The van der Waals surface area contributed by atoms with Gasteiger partial charge in [-0.1, -0.05) is 20.3 Å². The van der Waals surface area contributed by atoms with Crippen molar-refractivity contribution in [2.75, 3.05) is 6.54 Å². The van der Waals surface area contributed by atoms with E-state index in [1.807, 2.05) is 6.92 Å². The molecule has 0 rings (SSSR count). The van der Waals surface area contributed by atoms with Gasteiger partial charge in [-0.05, 0) is 19.3 Å². The lowest BCUT2D eigenvalue weighted by Gasteiger charge is -2.24. The van der Waals surface area contributed by atoms with Crippen LogP contribution in [0.2, 0.25) is 0 Å². The van der Waals surface area contributed by atoms with Crippen molar-refractivity contribution >= 4 is 29.7 Å². The van der Waals surface area contributed by atoms with Crippen molar-refractivity contribution in [1.29, 1.82) is 0 Å². The van der Waals surface area contributed by atoms with Crippen molar-refractivity contribution in [3.8, 4) is 0 Å². The van der Waals surface area contributed by atoms with Gasteiger partial charge in [-0.25, -0.2) is 0 Å². The van der Waals surface area contributed by atoms with Gasteiger partial charge in [0.25, 0.3) is 0 Å². The molecule has 3 amide bonds. The standard InChI is InChI=1S/C16H28N4O7/c1-4-8(2)13(17)16(27)20-10(5-6-11(21)22)15(26)19-9(3)14(25)18-7-12(23)24/h8-10,13H,4-7,17H2,1-3H3,(H,18,25)(H,19,26)(H,20,27)(H,21,22)(H,23,24)/t8-,9-,10-,13-/m0/s1. The number of aliphatic carboxylic acids is 2. The Bertz CT molecular complexity index is 567.